The fourth-order valence-corrected chi connectivity index (χ4v) is 4.69. The normalized spacial score (nSPS) is 14.3. The zero-order chi connectivity index (χ0) is 21.6. The number of benzene rings is 1. The first-order chi connectivity index (χ1) is 15.1. The van der Waals surface area contributed by atoms with Gasteiger partial charge in [-0.1, -0.05) is 12.1 Å². The van der Waals surface area contributed by atoms with Crippen molar-refractivity contribution in [3.63, 3.8) is 0 Å². The number of thiazole rings is 1. The van der Waals surface area contributed by atoms with E-state index < -0.39 is 6.43 Å². The van der Waals surface area contributed by atoms with Crippen molar-refractivity contribution in [2.45, 2.75) is 37.4 Å². The summed E-state index contributed by atoms with van der Waals surface area (Å²) in [6.45, 7) is 2.77. The third-order valence-electron chi connectivity index (χ3n) is 5.10. The zero-order valence-electron chi connectivity index (χ0n) is 16.7. The summed E-state index contributed by atoms with van der Waals surface area (Å²) in [4.78, 5) is 10.6. The van der Waals surface area contributed by atoms with E-state index in [0.717, 1.165) is 43.4 Å². The highest BCUT2D eigenvalue weighted by atomic mass is 32.2. The Labute approximate surface area is 187 Å². The van der Waals surface area contributed by atoms with E-state index in [1.165, 1.54) is 29.7 Å². The van der Waals surface area contributed by atoms with E-state index in [1.54, 1.807) is 11.6 Å². The predicted octanol–water partition coefficient (Wildman–Crippen LogP) is 5.94. The van der Waals surface area contributed by atoms with Gasteiger partial charge in [0.2, 0.25) is 0 Å². The molecule has 0 atom stereocenters. The summed E-state index contributed by atoms with van der Waals surface area (Å²) < 4.78 is 44.9. The first-order valence-electron chi connectivity index (χ1n) is 9.92. The number of alkyl halides is 2. The number of aromatic nitrogens is 2. The SMILES string of the molecule is Fc1cccc(CN2CCCC2)c1CNc1cnc(SNc2cscn2)cc1C(F)F. The number of rotatable bonds is 9. The van der Waals surface area contributed by atoms with Gasteiger partial charge in [0, 0.05) is 41.5 Å². The van der Waals surface area contributed by atoms with Crippen LogP contribution in [0.15, 0.2) is 46.4 Å². The molecule has 1 aliphatic heterocycles. The first kappa shape index (κ1) is 21.9. The van der Waals surface area contributed by atoms with Crippen LogP contribution in [-0.2, 0) is 13.1 Å². The molecule has 2 aromatic heterocycles. The monoisotopic (exact) mass is 465 g/mol. The summed E-state index contributed by atoms with van der Waals surface area (Å²) in [5.74, 6) is 0.304. The Morgan fingerprint density at radius 3 is 2.77 bits per heavy atom. The number of pyridine rings is 1. The van der Waals surface area contributed by atoms with E-state index in [0.29, 0.717) is 23.0 Å². The van der Waals surface area contributed by atoms with E-state index in [2.05, 4.69) is 24.9 Å². The Morgan fingerprint density at radius 1 is 1.19 bits per heavy atom. The highest BCUT2D eigenvalue weighted by Gasteiger charge is 2.18. The summed E-state index contributed by atoms with van der Waals surface area (Å²) >= 11 is 2.54. The van der Waals surface area contributed by atoms with E-state index in [9.17, 15) is 13.2 Å². The largest absolute Gasteiger partial charge is 0.379 e. The van der Waals surface area contributed by atoms with Gasteiger partial charge in [0.1, 0.15) is 16.7 Å². The van der Waals surface area contributed by atoms with Gasteiger partial charge in [0.15, 0.2) is 0 Å². The van der Waals surface area contributed by atoms with Gasteiger partial charge in [-0.3, -0.25) is 4.90 Å². The summed E-state index contributed by atoms with van der Waals surface area (Å²) in [6.07, 6.45) is 0.976. The van der Waals surface area contributed by atoms with Crippen LogP contribution in [0, 0.1) is 5.82 Å². The van der Waals surface area contributed by atoms with Gasteiger partial charge in [-0.25, -0.2) is 23.1 Å². The van der Waals surface area contributed by atoms with E-state index in [-0.39, 0.29) is 23.6 Å². The van der Waals surface area contributed by atoms with E-state index in [4.69, 9.17) is 0 Å². The number of nitrogens with zero attached hydrogens (tertiary/aromatic N) is 3. The molecule has 164 valence electrons. The molecule has 10 heteroatoms. The average molecular weight is 466 g/mol. The Kier molecular flexibility index (Phi) is 7.31. The van der Waals surface area contributed by atoms with Gasteiger partial charge in [0.25, 0.3) is 6.43 Å². The van der Waals surface area contributed by atoms with Crippen LogP contribution >= 0.6 is 23.3 Å². The van der Waals surface area contributed by atoms with E-state index in [1.807, 2.05) is 11.4 Å². The number of halogens is 3. The molecular formula is C21H22F3N5S2. The number of hydrogen-bond acceptors (Lipinski definition) is 7. The lowest BCUT2D eigenvalue weighted by molar-refractivity contribution is 0.151. The summed E-state index contributed by atoms with van der Waals surface area (Å²) in [5, 5.41) is 5.18. The Morgan fingerprint density at radius 2 is 2.03 bits per heavy atom. The van der Waals surface area contributed by atoms with Crippen molar-refractivity contribution in [1.82, 2.24) is 14.9 Å². The molecule has 2 N–H and O–H groups in total. The van der Waals surface area contributed by atoms with Crippen molar-refractivity contribution in [2.24, 2.45) is 0 Å². The fourth-order valence-electron chi connectivity index (χ4n) is 3.52. The maximum Gasteiger partial charge on any atom is 0.265 e. The third kappa shape index (κ3) is 5.69. The molecule has 1 aliphatic rings. The van der Waals surface area contributed by atoms with Gasteiger partial charge >= 0.3 is 0 Å². The smallest absolute Gasteiger partial charge is 0.265 e. The minimum atomic E-state index is -2.69. The second kappa shape index (κ2) is 10.3. The molecule has 0 unspecified atom stereocenters. The lowest BCUT2D eigenvalue weighted by atomic mass is 10.1. The lowest BCUT2D eigenvalue weighted by Crippen LogP contribution is -2.20. The lowest BCUT2D eigenvalue weighted by Gasteiger charge is -2.19. The molecule has 1 saturated heterocycles. The molecule has 3 heterocycles. The molecule has 0 amide bonds. The van der Waals surface area contributed by atoms with Crippen LogP contribution in [-0.4, -0.2) is 28.0 Å². The predicted molar refractivity (Wildman–Crippen MR) is 119 cm³/mol. The number of likely N-dealkylation sites (tertiary alicyclic amines) is 1. The Balaban J connectivity index is 1.47. The molecule has 3 aromatic rings. The molecule has 0 aliphatic carbocycles. The average Bonchev–Trinajstić information content (AvgIpc) is 3.46. The highest BCUT2D eigenvalue weighted by Crippen LogP contribution is 2.31. The molecule has 1 fully saturated rings. The van der Waals surface area contributed by atoms with Crippen LogP contribution in [0.3, 0.4) is 0 Å². The Bertz CT molecular complexity index is 995. The van der Waals surface area contributed by atoms with E-state index >= 15 is 0 Å². The molecule has 5 nitrogen and oxygen atoms in total. The van der Waals surface area contributed by atoms with Crippen molar-refractivity contribution in [2.75, 3.05) is 23.1 Å². The second-order valence-corrected chi connectivity index (χ2v) is 8.75. The summed E-state index contributed by atoms with van der Waals surface area (Å²) in [5.41, 5.74) is 3.08. The van der Waals surface area contributed by atoms with Crippen LogP contribution in [0.25, 0.3) is 0 Å². The summed E-state index contributed by atoms with van der Waals surface area (Å²) in [6, 6.07) is 6.33. The fraction of sp³-hybridized carbons (Fsp3) is 0.333. The second-order valence-electron chi connectivity index (χ2n) is 7.20. The van der Waals surface area contributed by atoms with Gasteiger partial charge in [-0.2, -0.15) is 0 Å². The molecule has 4 rings (SSSR count). The third-order valence-corrected chi connectivity index (χ3v) is 6.43. The minimum Gasteiger partial charge on any atom is -0.379 e. The molecule has 0 bridgehead atoms. The van der Waals surface area contributed by atoms with Crippen LogP contribution in [0.5, 0.6) is 0 Å². The van der Waals surface area contributed by atoms with Crippen LogP contribution in [0.1, 0.15) is 36.0 Å². The van der Waals surface area contributed by atoms with Crippen LogP contribution < -0.4 is 10.0 Å². The minimum absolute atomic E-state index is 0.112. The van der Waals surface area contributed by atoms with Crippen LogP contribution in [0.4, 0.5) is 24.7 Å². The topological polar surface area (TPSA) is 53.1 Å². The maximum atomic E-state index is 14.5. The zero-order valence-corrected chi connectivity index (χ0v) is 18.3. The number of anilines is 2. The van der Waals surface area contributed by atoms with Crippen molar-refractivity contribution in [1.29, 1.82) is 0 Å². The van der Waals surface area contributed by atoms with Crippen molar-refractivity contribution in [3.05, 3.63) is 63.9 Å². The molecule has 0 radical (unpaired) electrons. The standard InChI is InChI=1S/C21H22F3N5S2/c22-17-5-3-4-14(11-29-6-1-2-7-29)16(17)9-25-18-10-26-20(8-15(18)21(23)24)31-28-19-12-30-13-27-19/h3-5,8,10,12-13,21,25,28H,1-2,6-7,9,11H2. The molecular weight excluding hydrogens is 443 g/mol. The molecule has 31 heavy (non-hydrogen) atoms. The highest BCUT2D eigenvalue weighted by molar-refractivity contribution is 8.00. The number of hydrogen-bond donors (Lipinski definition) is 2. The van der Waals surface area contributed by atoms with Crippen molar-refractivity contribution in [3.8, 4) is 0 Å². The molecule has 1 aromatic carbocycles. The van der Waals surface area contributed by atoms with Gasteiger partial charge in [-0.15, -0.1) is 11.3 Å². The van der Waals surface area contributed by atoms with Crippen molar-refractivity contribution >= 4 is 34.8 Å². The van der Waals surface area contributed by atoms with Crippen LogP contribution in [0.2, 0.25) is 0 Å². The number of nitrogens with one attached hydrogen (secondary N) is 2. The summed E-state index contributed by atoms with van der Waals surface area (Å²) in [7, 11) is 0. The quantitative estimate of drug-likeness (QED) is 0.382. The van der Waals surface area contributed by atoms with Gasteiger partial charge in [0.05, 0.1) is 17.4 Å². The van der Waals surface area contributed by atoms with Gasteiger partial charge < -0.3 is 10.0 Å². The molecule has 0 saturated carbocycles. The Hall–Kier alpha value is -2.30. The first-order valence-corrected chi connectivity index (χ1v) is 11.7. The maximum absolute atomic E-state index is 14.5. The van der Waals surface area contributed by atoms with Gasteiger partial charge in [-0.05, 0) is 43.6 Å². The van der Waals surface area contributed by atoms with Crippen molar-refractivity contribution < 1.29 is 13.2 Å². The molecule has 0 spiro atoms.